The molecule has 0 aliphatic carbocycles. The van der Waals surface area contributed by atoms with E-state index in [2.05, 4.69) is 17.9 Å². The van der Waals surface area contributed by atoms with Crippen LogP contribution in [0.4, 0.5) is 0 Å². The van der Waals surface area contributed by atoms with E-state index >= 15 is 0 Å². The van der Waals surface area contributed by atoms with E-state index in [9.17, 15) is 9.59 Å². The van der Waals surface area contributed by atoms with Crippen LogP contribution >= 0.6 is 0 Å². The van der Waals surface area contributed by atoms with E-state index in [1.54, 1.807) is 24.3 Å². The molecule has 0 spiro atoms. The van der Waals surface area contributed by atoms with Crippen molar-refractivity contribution in [2.45, 2.75) is 6.10 Å². The van der Waals surface area contributed by atoms with Gasteiger partial charge in [-0.1, -0.05) is 43.5 Å². The van der Waals surface area contributed by atoms with E-state index in [4.69, 9.17) is 4.74 Å². The summed E-state index contributed by atoms with van der Waals surface area (Å²) in [7, 11) is 1.24. The molecule has 0 saturated heterocycles. The smallest absolute Gasteiger partial charge is 0.337 e. The highest BCUT2D eigenvalue weighted by molar-refractivity contribution is 5.90. The van der Waals surface area contributed by atoms with Crippen molar-refractivity contribution in [3.8, 4) is 0 Å². The number of carbonyl (C=O) groups excluding carboxylic acids is 2. The topological polar surface area (TPSA) is 52.6 Å². The monoisotopic (exact) mass is 246 g/mol. The van der Waals surface area contributed by atoms with Gasteiger partial charge in [-0.2, -0.15) is 0 Å². The third-order valence-electron chi connectivity index (χ3n) is 2.27. The van der Waals surface area contributed by atoms with Gasteiger partial charge < -0.3 is 9.47 Å². The third kappa shape index (κ3) is 3.31. The molecule has 0 aromatic heterocycles. The van der Waals surface area contributed by atoms with Crippen LogP contribution in [0.25, 0.3) is 0 Å². The Bertz CT molecular complexity index is 462. The predicted octanol–water partition coefficient (Wildman–Crippen LogP) is 2.19. The number of ether oxygens (including phenoxy) is 2. The number of hydrogen-bond acceptors (Lipinski definition) is 4. The van der Waals surface area contributed by atoms with Gasteiger partial charge in [0.2, 0.25) is 0 Å². The van der Waals surface area contributed by atoms with Crippen molar-refractivity contribution < 1.29 is 19.1 Å². The highest BCUT2D eigenvalue weighted by Gasteiger charge is 2.24. The molecule has 1 aromatic carbocycles. The second-order valence-corrected chi connectivity index (χ2v) is 3.45. The summed E-state index contributed by atoms with van der Waals surface area (Å²) in [4.78, 5) is 22.7. The maximum Gasteiger partial charge on any atom is 0.337 e. The second kappa shape index (κ2) is 6.39. The minimum atomic E-state index is -0.871. The lowest BCUT2D eigenvalue weighted by Gasteiger charge is -2.18. The van der Waals surface area contributed by atoms with Gasteiger partial charge in [-0.15, -0.1) is 0 Å². The molecule has 18 heavy (non-hydrogen) atoms. The number of esters is 2. The molecule has 0 bridgehead atoms. The van der Waals surface area contributed by atoms with Crippen LogP contribution < -0.4 is 0 Å². The summed E-state index contributed by atoms with van der Waals surface area (Å²) in [6.07, 6.45) is 0.157. The first-order valence-electron chi connectivity index (χ1n) is 5.25. The van der Waals surface area contributed by atoms with Gasteiger partial charge in [0.15, 0.2) is 6.10 Å². The van der Waals surface area contributed by atoms with Crippen LogP contribution in [0.1, 0.15) is 11.7 Å². The lowest BCUT2D eigenvalue weighted by molar-refractivity contribution is -0.144. The summed E-state index contributed by atoms with van der Waals surface area (Å²) in [5.74, 6) is -1.25. The molecule has 0 radical (unpaired) electrons. The van der Waals surface area contributed by atoms with E-state index in [1.807, 2.05) is 6.07 Å². The molecule has 4 heteroatoms. The van der Waals surface area contributed by atoms with Crippen LogP contribution in [0.2, 0.25) is 0 Å². The van der Waals surface area contributed by atoms with Crippen molar-refractivity contribution >= 4 is 11.9 Å². The Labute approximate surface area is 106 Å². The van der Waals surface area contributed by atoms with Gasteiger partial charge in [-0.05, 0) is 5.56 Å². The van der Waals surface area contributed by atoms with Crippen molar-refractivity contribution in [1.82, 2.24) is 0 Å². The van der Waals surface area contributed by atoms with Gasteiger partial charge in [0, 0.05) is 6.08 Å². The summed E-state index contributed by atoms with van der Waals surface area (Å²) in [6, 6.07) is 8.82. The Kier molecular flexibility index (Phi) is 4.87. The first-order valence-corrected chi connectivity index (χ1v) is 5.25. The average molecular weight is 246 g/mol. The normalized spacial score (nSPS) is 11.2. The lowest BCUT2D eigenvalue weighted by Crippen LogP contribution is -2.17. The first-order chi connectivity index (χ1) is 8.60. The molecular weight excluding hydrogens is 232 g/mol. The van der Waals surface area contributed by atoms with Crippen molar-refractivity contribution in [2.75, 3.05) is 7.11 Å². The van der Waals surface area contributed by atoms with Crippen molar-refractivity contribution in [1.29, 1.82) is 0 Å². The highest BCUT2D eigenvalue weighted by atomic mass is 16.6. The molecule has 1 aromatic rings. The third-order valence-corrected chi connectivity index (χ3v) is 2.27. The van der Waals surface area contributed by atoms with Crippen LogP contribution in [0.3, 0.4) is 0 Å². The lowest BCUT2D eigenvalue weighted by atomic mass is 10.0. The van der Waals surface area contributed by atoms with Crippen molar-refractivity contribution in [3.05, 3.63) is 60.7 Å². The zero-order valence-electron chi connectivity index (χ0n) is 10.1. The fourth-order valence-corrected chi connectivity index (χ4v) is 1.37. The zero-order chi connectivity index (χ0) is 13.5. The Balaban J connectivity index is 3.02. The predicted molar refractivity (Wildman–Crippen MR) is 66.6 cm³/mol. The zero-order valence-corrected chi connectivity index (χ0v) is 10.1. The number of methoxy groups -OCH3 is 1. The minimum absolute atomic E-state index is 0.0545. The molecule has 0 heterocycles. The number of benzene rings is 1. The SMILES string of the molecule is C=CC(=O)OC(C(=C)C(=O)OC)c1ccccc1. The van der Waals surface area contributed by atoms with Crippen LogP contribution in [0.5, 0.6) is 0 Å². The molecule has 4 nitrogen and oxygen atoms in total. The molecule has 0 N–H and O–H groups in total. The summed E-state index contributed by atoms with van der Waals surface area (Å²) in [6.45, 7) is 6.91. The molecule has 1 rings (SSSR count). The summed E-state index contributed by atoms with van der Waals surface area (Å²) >= 11 is 0. The Hall–Kier alpha value is -2.36. The fraction of sp³-hybridized carbons (Fsp3) is 0.143. The average Bonchev–Trinajstić information content (AvgIpc) is 2.43. The van der Waals surface area contributed by atoms with Gasteiger partial charge in [-0.25, -0.2) is 9.59 Å². The molecule has 1 atom stereocenters. The second-order valence-electron chi connectivity index (χ2n) is 3.45. The summed E-state index contributed by atoms with van der Waals surface area (Å²) in [5, 5.41) is 0. The first kappa shape index (κ1) is 13.7. The van der Waals surface area contributed by atoms with Crippen molar-refractivity contribution in [3.63, 3.8) is 0 Å². The Morgan fingerprint density at radius 3 is 2.39 bits per heavy atom. The Morgan fingerprint density at radius 2 is 1.89 bits per heavy atom. The van der Waals surface area contributed by atoms with E-state index in [0.29, 0.717) is 5.56 Å². The number of rotatable bonds is 5. The standard InChI is InChI=1S/C14H14O4/c1-4-12(15)18-13(10(2)14(16)17-3)11-8-6-5-7-9-11/h4-9,13H,1-2H2,3H3. The Morgan fingerprint density at radius 1 is 1.28 bits per heavy atom. The van der Waals surface area contributed by atoms with Gasteiger partial charge >= 0.3 is 11.9 Å². The summed E-state index contributed by atoms with van der Waals surface area (Å²) < 4.78 is 9.69. The van der Waals surface area contributed by atoms with Crippen molar-refractivity contribution in [2.24, 2.45) is 0 Å². The van der Waals surface area contributed by atoms with Gasteiger partial charge in [0.1, 0.15) is 0 Å². The molecular formula is C14H14O4. The van der Waals surface area contributed by atoms with Crippen LogP contribution in [-0.4, -0.2) is 19.0 Å². The van der Waals surface area contributed by atoms with Crippen LogP contribution in [0, 0.1) is 0 Å². The molecule has 0 aliphatic rings. The highest BCUT2D eigenvalue weighted by Crippen LogP contribution is 2.25. The minimum Gasteiger partial charge on any atom is -0.466 e. The number of carbonyl (C=O) groups is 2. The quantitative estimate of drug-likeness (QED) is 0.590. The van der Waals surface area contributed by atoms with Crippen LogP contribution in [-0.2, 0) is 19.1 Å². The van der Waals surface area contributed by atoms with E-state index in [0.717, 1.165) is 6.08 Å². The molecule has 0 fully saturated rings. The van der Waals surface area contributed by atoms with E-state index < -0.39 is 18.0 Å². The maximum atomic E-state index is 11.5. The van der Waals surface area contributed by atoms with E-state index in [1.165, 1.54) is 7.11 Å². The van der Waals surface area contributed by atoms with Gasteiger partial charge in [-0.3, -0.25) is 0 Å². The molecule has 0 aliphatic heterocycles. The molecule has 94 valence electrons. The maximum absolute atomic E-state index is 11.5. The van der Waals surface area contributed by atoms with Gasteiger partial charge in [0.25, 0.3) is 0 Å². The molecule has 1 unspecified atom stereocenters. The van der Waals surface area contributed by atoms with Crippen LogP contribution in [0.15, 0.2) is 55.1 Å². The largest absolute Gasteiger partial charge is 0.466 e. The molecule has 0 saturated carbocycles. The fourth-order valence-electron chi connectivity index (χ4n) is 1.37. The number of hydrogen-bond donors (Lipinski definition) is 0. The van der Waals surface area contributed by atoms with E-state index in [-0.39, 0.29) is 5.57 Å². The van der Waals surface area contributed by atoms with Gasteiger partial charge in [0.05, 0.1) is 12.7 Å². The molecule has 0 amide bonds. The summed E-state index contributed by atoms with van der Waals surface area (Å²) in [5.41, 5.74) is 0.696.